The molecule has 1 aliphatic carbocycles. The van der Waals surface area contributed by atoms with Gasteiger partial charge in [0.05, 0.1) is 12.9 Å². The minimum absolute atomic E-state index is 0. The number of nitrogens with one attached hydrogen (secondary N) is 2. The molecule has 2 N–H and O–H groups in total. The summed E-state index contributed by atoms with van der Waals surface area (Å²) in [6.07, 6.45) is 9.09. The van der Waals surface area contributed by atoms with E-state index < -0.39 is 0 Å². The molecule has 8 heteroatoms. The van der Waals surface area contributed by atoms with E-state index in [2.05, 4.69) is 17.6 Å². The van der Waals surface area contributed by atoms with Crippen molar-refractivity contribution in [1.82, 2.24) is 15.5 Å². The molecule has 0 aromatic carbocycles. The fraction of sp³-hybridized carbons (Fsp3) is 0.727. The normalized spacial score (nSPS) is 22.9. The molecule has 0 spiro atoms. The topological polar surface area (TPSA) is 79.1 Å². The largest absolute Gasteiger partial charge is 0.469 e. The molecule has 0 bridgehead atoms. The molecule has 1 aliphatic heterocycles. The van der Waals surface area contributed by atoms with Crippen molar-refractivity contribution in [3.05, 3.63) is 24.2 Å². The van der Waals surface area contributed by atoms with Crippen molar-refractivity contribution in [2.75, 3.05) is 26.2 Å². The number of hydrogen-bond donors (Lipinski definition) is 2. The van der Waals surface area contributed by atoms with Gasteiger partial charge in [0.25, 0.3) is 0 Å². The zero-order valence-electron chi connectivity index (χ0n) is 18.3. The highest BCUT2D eigenvalue weighted by molar-refractivity contribution is 14.0. The minimum atomic E-state index is -0.201. The lowest BCUT2D eigenvalue weighted by Gasteiger charge is -2.34. The standard InChI is InChI=1S/C22H36N4O3.HI/c1-3-28-22(27)26-13-10-18(11-14-26)24-21(23-12-9-20-8-5-15-29-20)25-19-7-4-6-17(2)16-19;/h5,8,15,17-19H,3-4,6-7,9-14,16H2,1-2H3,(H2,23,24,25);1H. The number of nitrogens with zero attached hydrogens (tertiary/aromatic N) is 2. The van der Waals surface area contributed by atoms with E-state index in [4.69, 9.17) is 14.1 Å². The van der Waals surface area contributed by atoms with Gasteiger partial charge in [0.2, 0.25) is 0 Å². The maximum Gasteiger partial charge on any atom is 0.409 e. The summed E-state index contributed by atoms with van der Waals surface area (Å²) in [5, 5.41) is 7.29. The van der Waals surface area contributed by atoms with E-state index in [0.717, 1.165) is 50.0 Å². The summed E-state index contributed by atoms with van der Waals surface area (Å²) >= 11 is 0. The Bertz CT molecular complexity index is 645. The van der Waals surface area contributed by atoms with Crippen LogP contribution in [0.2, 0.25) is 0 Å². The van der Waals surface area contributed by atoms with Crippen LogP contribution in [0.15, 0.2) is 27.8 Å². The maximum absolute atomic E-state index is 11.9. The van der Waals surface area contributed by atoms with Crippen molar-refractivity contribution in [3.63, 3.8) is 0 Å². The summed E-state index contributed by atoms with van der Waals surface area (Å²) in [7, 11) is 0. The average molecular weight is 532 g/mol. The SMILES string of the molecule is CCOC(=O)N1CCC(NC(=NCCc2ccco2)NC2CCCC(C)C2)CC1.I. The second-order valence-corrected chi connectivity index (χ2v) is 8.28. The van der Waals surface area contributed by atoms with Crippen molar-refractivity contribution in [2.24, 2.45) is 10.9 Å². The molecule has 1 aromatic heterocycles. The van der Waals surface area contributed by atoms with Gasteiger partial charge in [-0.2, -0.15) is 0 Å². The minimum Gasteiger partial charge on any atom is -0.469 e. The first kappa shape index (κ1) is 24.8. The molecule has 0 radical (unpaired) electrons. The van der Waals surface area contributed by atoms with Crippen LogP contribution < -0.4 is 10.6 Å². The van der Waals surface area contributed by atoms with Gasteiger partial charge in [0.1, 0.15) is 5.76 Å². The van der Waals surface area contributed by atoms with E-state index >= 15 is 0 Å². The van der Waals surface area contributed by atoms with Crippen LogP contribution in [0, 0.1) is 5.92 Å². The summed E-state index contributed by atoms with van der Waals surface area (Å²) in [6, 6.07) is 4.70. The number of carbonyl (C=O) groups excluding carboxylic acids is 1. The average Bonchev–Trinajstić information content (AvgIpc) is 3.22. The fourth-order valence-corrected chi connectivity index (χ4v) is 4.24. The highest BCUT2D eigenvalue weighted by Gasteiger charge is 2.25. The molecule has 170 valence electrons. The summed E-state index contributed by atoms with van der Waals surface area (Å²) < 4.78 is 10.5. The molecule has 2 atom stereocenters. The van der Waals surface area contributed by atoms with E-state index in [1.54, 1.807) is 11.2 Å². The van der Waals surface area contributed by atoms with Gasteiger partial charge in [-0.05, 0) is 50.7 Å². The van der Waals surface area contributed by atoms with Crippen LogP contribution in [0.3, 0.4) is 0 Å². The lowest BCUT2D eigenvalue weighted by atomic mass is 9.87. The molecule has 2 heterocycles. The van der Waals surface area contributed by atoms with Crippen molar-refractivity contribution in [2.45, 2.75) is 70.9 Å². The van der Waals surface area contributed by atoms with Crippen molar-refractivity contribution in [3.8, 4) is 0 Å². The predicted octanol–water partition coefficient (Wildman–Crippen LogP) is 4.17. The second-order valence-electron chi connectivity index (χ2n) is 8.28. The van der Waals surface area contributed by atoms with E-state index in [0.29, 0.717) is 25.2 Å². The fourth-order valence-electron chi connectivity index (χ4n) is 4.24. The lowest BCUT2D eigenvalue weighted by Crippen LogP contribution is -2.52. The van der Waals surface area contributed by atoms with Gasteiger partial charge < -0.3 is 24.7 Å². The van der Waals surface area contributed by atoms with Crippen LogP contribution >= 0.6 is 24.0 Å². The molecule has 30 heavy (non-hydrogen) atoms. The lowest BCUT2D eigenvalue weighted by molar-refractivity contribution is 0.0963. The molecular weight excluding hydrogens is 495 g/mol. The van der Waals surface area contributed by atoms with E-state index in [1.165, 1.54) is 25.7 Å². The number of amides is 1. The Hall–Kier alpha value is -1.45. The summed E-state index contributed by atoms with van der Waals surface area (Å²) in [5.41, 5.74) is 0. The number of carbonyl (C=O) groups is 1. The summed E-state index contributed by atoms with van der Waals surface area (Å²) in [4.78, 5) is 18.5. The molecule has 2 aliphatic rings. The van der Waals surface area contributed by atoms with Crippen LogP contribution in [-0.4, -0.2) is 55.3 Å². The zero-order chi connectivity index (χ0) is 20.5. The third kappa shape index (κ3) is 8.00. The monoisotopic (exact) mass is 532 g/mol. The third-order valence-electron chi connectivity index (χ3n) is 5.85. The molecule has 2 unspecified atom stereocenters. The third-order valence-corrected chi connectivity index (χ3v) is 5.85. The highest BCUT2D eigenvalue weighted by Crippen LogP contribution is 2.23. The molecule has 1 amide bonds. The Morgan fingerprint density at radius 3 is 2.67 bits per heavy atom. The van der Waals surface area contributed by atoms with Crippen LogP contribution in [0.4, 0.5) is 4.79 Å². The highest BCUT2D eigenvalue weighted by atomic mass is 127. The van der Waals surface area contributed by atoms with Crippen LogP contribution in [-0.2, 0) is 11.2 Å². The number of rotatable bonds is 6. The van der Waals surface area contributed by atoms with Gasteiger partial charge in [0, 0.05) is 38.1 Å². The van der Waals surface area contributed by atoms with Gasteiger partial charge in [-0.3, -0.25) is 4.99 Å². The van der Waals surface area contributed by atoms with Crippen LogP contribution in [0.25, 0.3) is 0 Å². The van der Waals surface area contributed by atoms with E-state index in [1.807, 2.05) is 19.1 Å². The first-order valence-electron chi connectivity index (χ1n) is 11.2. The van der Waals surface area contributed by atoms with E-state index in [-0.39, 0.29) is 30.1 Å². The number of guanidine groups is 1. The molecule has 7 nitrogen and oxygen atoms in total. The first-order chi connectivity index (χ1) is 14.1. The number of halogens is 1. The second kappa shape index (κ2) is 13.1. The number of piperidine rings is 1. The Balaban J connectivity index is 0.00000320. The van der Waals surface area contributed by atoms with Crippen molar-refractivity contribution < 1.29 is 13.9 Å². The number of ether oxygens (including phenoxy) is 1. The number of furan rings is 1. The Morgan fingerprint density at radius 2 is 2.00 bits per heavy atom. The van der Waals surface area contributed by atoms with Gasteiger partial charge in [-0.1, -0.05) is 19.8 Å². The van der Waals surface area contributed by atoms with Gasteiger partial charge in [-0.15, -0.1) is 24.0 Å². The maximum atomic E-state index is 11.9. The number of likely N-dealkylation sites (tertiary alicyclic amines) is 1. The molecule has 3 rings (SSSR count). The quantitative estimate of drug-likeness (QED) is 0.327. The molecular formula is C22H37IN4O3. The Labute approximate surface area is 197 Å². The van der Waals surface area contributed by atoms with Crippen LogP contribution in [0.5, 0.6) is 0 Å². The predicted molar refractivity (Wildman–Crippen MR) is 129 cm³/mol. The smallest absolute Gasteiger partial charge is 0.409 e. The van der Waals surface area contributed by atoms with Gasteiger partial charge in [-0.25, -0.2) is 4.79 Å². The van der Waals surface area contributed by atoms with Crippen LogP contribution in [0.1, 0.15) is 58.1 Å². The molecule has 1 saturated carbocycles. The number of aliphatic imine (C=N–C) groups is 1. The molecule has 1 aromatic rings. The van der Waals surface area contributed by atoms with E-state index in [9.17, 15) is 4.79 Å². The van der Waals surface area contributed by atoms with Gasteiger partial charge in [0.15, 0.2) is 5.96 Å². The molecule has 2 fully saturated rings. The first-order valence-corrected chi connectivity index (χ1v) is 11.2. The Kier molecular flexibility index (Phi) is 10.8. The Morgan fingerprint density at radius 1 is 1.23 bits per heavy atom. The van der Waals surface area contributed by atoms with Crippen molar-refractivity contribution in [1.29, 1.82) is 0 Å². The van der Waals surface area contributed by atoms with Gasteiger partial charge >= 0.3 is 6.09 Å². The molecule has 1 saturated heterocycles. The summed E-state index contributed by atoms with van der Waals surface area (Å²) in [5.74, 6) is 2.62. The summed E-state index contributed by atoms with van der Waals surface area (Å²) in [6.45, 7) is 6.73. The van der Waals surface area contributed by atoms with Crippen molar-refractivity contribution >= 4 is 36.0 Å². The zero-order valence-corrected chi connectivity index (χ0v) is 20.6. The number of hydrogen-bond acceptors (Lipinski definition) is 4.